The zero-order chi connectivity index (χ0) is 15.0. The van der Waals surface area contributed by atoms with Crippen LogP contribution in [0.15, 0.2) is 58.3 Å². The molecule has 1 aromatic carbocycles. The van der Waals surface area contributed by atoms with Crippen molar-refractivity contribution in [1.82, 2.24) is 8.96 Å². The first-order chi connectivity index (χ1) is 10.0. The third-order valence-corrected chi connectivity index (χ3v) is 5.41. The second-order valence-corrected chi connectivity index (χ2v) is 6.90. The van der Waals surface area contributed by atoms with Crippen molar-refractivity contribution in [2.45, 2.75) is 4.90 Å². The van der Waals surface area contributed by atoms with Crippen molar-refractivity contribution in [2.24, 2.45) is 0 Å². The van der Waals surface area contributed by atoms with Crippen LogP contribution in [0.1, 0.15) is 0 Å². The van der Waals surface area contributed by atoms with Gasteiger partial charge in [0.05, 0.1) is 17.5 Å². The zero-order valence-electron chi connectivity index (χ0n) is 11.0. The van der Waals surface area contributed by atoms with Crippen molar-refractivity contribution in [2.75, 3.05) is 7.11 Å². The molecule has 0 saturated carbocycles. The quantitative estimate of drug-likeness (QED) is 0.668. The number of rotatable bonds is 3. The molecular formula is C14H11BrN2O3S. The number of methoxy groups -OCH3 is 1. The van der Waals surface area contributed by atoms with Gasteiger partial charge < -0.3 is 4.74 Å². The minimum absolute atomic E-state index is 0.191. The van der Waals surface area contributed by atoms with Gasteiger partial charge in [0, 0.05) is 17.8 Å². The lowest BCUT2D eigenvalue weighted by Gasteiger charge is -2.09. The molecule has 0 aliphatic heterocycles. The lowest BCUT2D eigenvalue weighted by Crippen LogP contribution is -2.12. The van der Waals surface area contributed by atoms with E-state index in [1.54, 1.807) is 30.5 Å². The Morgan fingerprint density at radius 1 is 1.14 bits per heavy atom. The maximum atomic E-state index is 12.7. The van der Waals surface area contributed by atoms with Gasteiger partial charge in [0.15, 0.2) is 0 Å². The van der Waals surface area contributed by atoms with E-state index >= 15 is 0 Å². The lowest BCUT2D eigenvalue weighted by atomic mass is 10.3. The third kappa shape index (κ3) is 2.32. The summed E-state index contributed by atoms with van der Waals surface area (Å²) in [7, 11) is -2.15. The Morgan fingerprint density at radius 3 is 2.52 bits per heavy atom. The molecule has 0 saturated heterocycles. The van der Waals surface area contributed by atoms with E-state index in [0.29, 0.717) is 15.9 Å². The van der Waals surface area contributed by atoms with Gasteiger partial charge in [0.2, 0.25) is 0 Å². The molecule has 3 aromatic rings. The molecule has 0 amide bonds. The molecule has 0 fully saturated rings. The minimum atomic E-state index is -3.68. The van der Waals surface area contributed by atoms with Gasteiger partial charge >= 0.3 is 0 Å². The van der Waals surface area contributed by atoms with E-state index in [0.717, 1.165) is 5.39 Å². The van der Waals surface area contributed by atoms with Crippen LogP contribution in [0.3, 0.4) is 0 Å². The summed E-state index contributed by atoms with van der Waals surface area (Å²) < 4.78 is 32.2. The average molecular weight is 367 g/mol. The monoisotopic (exact) mass is 366 g/mol. The summed E-state index contributed by atoms with van der Waals surface area (Å²) in [5.41, 5.74) is 0.522. The number of benzene rings is 1. The summed E-state index contributed by atoms with van der Waals surface area (Å²) in [6, 6.07) is 9.77. The highest BCUT2D eigenvalue weighted by molar-refractivity contribution is 9.10. The van der Waals surface area contributed by atoms with E-state index in [1.807, 2.05) is 0 Å². The topological polar surface area (TPSA) is 61.2 Å². The summed E-state index contributed by atoms with van der Waals surface area (Å²) in [5, 5.41) is 0.800. The van der Waals surface area contributed by atoms with Gasteiger partial charge in [-0.1, -0.05) is 0 Å². The number of nitrogens with zero attached hydrogens (tertiary/aromatic N) is 2. The van der Waals surface area contributed by atoms with Crippen LogP contribution in [-0.4, -0.2) is 24.5 Å². The molecule has 3 rings (SSSR count). The van der Waals surface area contributed by atoms with E-state index in [9.17, 15) is 8.42 Å². The lowest BCUT2D eigenvalue weighted by molar-refractivity contribution is 0.414. The number of pyridine rings is 1. The molecule has 7 heteroatoms. The van der Waals surface area contributed by atoms with Crippen molar-refractivity contribution in [3.05, 3.63) is 53.4 Å². The van der Waals surface area contributed by atoms with E-state index in [4.69, 9.17) is 4.74 Å². The van der Waals surface area contributed by atoms with Crippen LogP contribution in [0.5, 0.6) is 5.75 Å². The molecule has 5 nitrogen and oxygen atoms in total. The number of ether oxygens (including phenoxy) is 1. The molecule has 0 unspecified atom stereocenters. The van der Waals surface area contributed by atoms with Gasteiger partial charge in [-0.05, 0) is 52.3 Å². The zero-order valence-corrected chi connectivity index (χ0v) is 13.4. The van der Waals surface area contributed by atoms with Gasteiger partial charge in [-0.15, -0.1) is 0 Å². The van der Waals surface area contributed by atoms with Crippen LogP contribution >= 0.6 is 15.9 Å². The van der Waals surface area contributed by atoms with Crippen LogP contribution in [0, 0.1) is 0 Å². The predicted octanol–water partition coefficient (Wildman–Crippen LogP) is 3.04. The summed E-state index contributed by atoms with van der Waals surface area (Å²) in [4.78, 5) is 4.28. The molecule has 21 heavy (non-hydrogen) atoms. The minimum Gasteiger partial charge on any atom is -0.497 e. The Balaban J connectivity index is 2.20. The van der Waals surface area contributed by atoms with Crippen molar-refractivity contribution < 1.29 is 13.2 Å². The van der Waals surface area contributed by atoms with Crippen molar-refractivity contribution in [3.63, 3.8) is 0 Å². The first kappa shape index (κ1) is 14.1. The van der Waals surface area contributed by atoms with Crippen LogP contribution in [-0.2, 0) is 10.0 Å². The van der Waals surface area contributed by atoms with Crippen LogP contribution in [0.4, 0.5) is 0 Å². The highest BCUT2D eigenvalue weighted by Gasteiger charge is 2.20. The van der Waals surface area contributed by atoms with Crippen molar-refractivity contribution >= 4 is 36.9 Å². The molecule has 2 aromatic heterocycles. The Bertz CT molecular complexity index is 902. The second-order valence-electron chi connectivity index (χ2n) is 4.33. The molecule has 108 valence electrons. The highest BCUT2D eigenvalue weighted by atomic mass is 79.9. The number of fused-ring (bicyclic) bond motifs is 1. The Morgan fingerprint density at radius 2 is 1.86 bits per heavy atom. The fourth-order valence-corrected chi connectivity index (χ4v) is 4.09. The maximum Gasteiger partial charge on any atom is 0.268 e. The van der Waals surface area contributed by atoms with Crippen LogP contribution in [0.25, 0.3) is 10.9 Å². The predicted molar refractivity (Wildman–Crippen MR) is 83.0 cm³/mol. The summed E-state index contributed by atoms with van der Waals surface area (Å²) in [5.74, 6) is 0.606. The number of halogens is 1. The average Bonchev–Trinajstić information content (AvgIpc) is 2.93. The summed E-state index contributed by atoms with van der Waals surface area (Å²) >= 11 is 3.30. The van der Waals surface area contributed by atoms with Crippen molar-refractivity contribution in [1.29, 1.82) is 0 Å². The summed E-state index contributed by atoms with van der Waals surface area (Å²) in [6.07, 6.45) is 3.15. The molecule has 0 spiro atoms. The first-order valence-electron chi connectivity index (χ1n) is 6.05. The van der Waals surface area contributed by atoms with Crippen LogP contribution < -0.4 is 4.74 Å². The SMILES string of the molecule is COc1ccc(S(=O)(=O)n2ccc3ccnc(Br)c32)cc1. The van der Waals surface area contributed by atoms with E-state index in [2.05, 4.69) is 20.9 Å². The van der Waals surface area contributed by atoms with E-state index in [-0.39, 0.29) is 4.90 Å². The molecule has 2 heterocycles. The van der Waals surface area contributed by atoms with Gasteiger partial charge in [0.25, 0.3) is 10.0 Å². The fourth-order valence-electron chi connectivity index (χ4n) is 2.08. The van der Waals surface area contributed by atoms with Gasteiger partial charge in [-0.3, -0.25) is 0 Å². The second kappa shape index (κ2) is 5.16. The number of aromatic nitrogens is 2. The molecule has 0 aliphatic carbocycles. The first-order valence-corrected chi connectivity index (χ1v) is 8.28. The largest absolute Gasteiger partial charge is 0.497 e. The van der Waals surface area contributed by atoms with Gasteiger partial charge in [0.1, 0.15) is 10.4 Å². The maximum absolute atomic E-state index is 12.7. The smallest absolute Gasteiger partial charge is 0.268 e. The van der Waals surface area contributed by atoms with Crippen LogP contribution in [0.2, 0.25) is 0 Å². The Labute approximate surface area is 130 Å². The fraction of sp³-hybridized carbons (Fsp3) is 0.0714. The Hall–Kier alpha value is -1.86. The van der Waals surface area contributed by atoms with E-state index < -0.39 is 10.0 Å². The van der Waals surface area contributed by atoms with Crippen molar-refractivity contribution in [3.8, 4) is 5.75 Å². The highest BCUT2D eigenvalue weighted by Crippen LogP contribution is 2.27. The molecule has 0 aliphatic rings. The van der Waals surface area contributed by atoms with E-state index in [1.165, 1.54) is 29.4 Å². The summed E-state index contributed by atoms with van der Waals surface area (Å²) in [6.45, 7) is 0. The molecule has 0 bridgehead atoms. The molecule has 0 N–H and O–H groups in total. The Kier molecular flexibility index (Phi) is 3.46. The standard InChI is InChI=1S/C14H11BrN2O3S/c1-20-11-2-4-12(5-3-11)21(18,19)17-9-7-10-6-8-16-14(15)13(10)17/h2-9H,1H3. The number of hydrogen-bond donors (Lipinski definition) is 0. The molecular weight excluding hydrogens is 356 g/mol. The van der Waals surface area contributed by atoms with Gasteiger partial charge in [-0.2, -0.15) is 0 Å². The molecule has 0 radical (unpaired) electrons. The molecule has 0 atom stereocenters. The normalized spacial score (nSPS) is 11.7. The number of hydrogen-bond acceptors (Lipinski definition) is 4. The third-order valence-electron chi connectivity index (χ3n) is 3.14. The van der Waals surface area contributed by atoms with Gasteiger partial charge in [-0.25, -0.2) is 17.4 Å².